The molecule has 5 aliphatic rings. The van der Waals surface area contributed by atoms with Gasteiger partial charge in [0.05, 0.1) is 40.0 Å². The lowest BCUT2D eigenvalue weighted by Crippen LogP contribution is -2.64. The second kappa shape index (κ2) is 24.3. The SMILES string of the molecule is C=C(/C=N\C(=C\c1c2c3cc(c(F)cc3n1CC(F)(F)F)-c1csc(n1)C[C@H](NC(=O)[C@H](C(C)C)N1CCCC3(CCN(C(=O)[C@H](F)Cl)CC3)C1=O)C(=O)N1CCC[C@H](N1)C(=O)OCC(C)(C)C2)[C@H](C)OC)N1CCN(C)CC1. The van der Waals surface area contributed by atoms with Crippen LogP contribution in [0.15, 0.2) is 40.5 Å². The van der Waals surface area contributed by atoms with Gasteiger partial charge in [0.2, 0.25) is 11.8 Å². The van der Waals surface area contributed by atoms with E-state index < -0.39 is 88.8 Å². The van der Waals surface area contributed by atoms with E-state index in [1.165, 1.54) is 34.1 Å². The number of carbonyl (C=O) groups is 5. The highest BCUT2D eigenvalue weighted by Gasteiger charge is 2.50. The molecule has 79 heavy (non-hydrogen) atoms. The Bertz CT molecular complexity index is 2860. The molecule has 2 N–H and O–H groups in total. The molecule has 17 nitrogen and oxygen atoms in total. The summed E-state index contributed by atoms with van der Waals surface area (Å²) < 4.78 is 87.9. The quantitative estimate of drug-likeness (QED) is 0.0819. The minimum atomic E-state index is -4.76. The van der Waals surface area contributed by atoms with E-state index in [-0.39, 0.29) is 92.5 Å². The van der Waals surface area contributed by atoms with Crippen LogP contribution in [0.25, 0.3) is 28.2 Å². The maximum atomic E-state index is 16.9. The van der Waals surface area contributed by atoms with Crippen molar-refractivity contribution in [3.05, 3.63) is 57.6 Å². The van der Waals surface area contributed by atoms with E-state index >= 15 is 4.39 Å². The Morgan fingerprint density at radius 2 is 1.75 bits per heavy atom. The van der Waals surface area contributed by atoms with Crippen LogP contribution in [0.1, 0.15) is 89.4 Å². The molecule has 7 heterocycles. The lowest BCUT2D eigenvalue weighted by molar-refractivity contribution is -0.160. The van der Waals surface area contributed by atoms with Gasteiger partial charge in [0, 0.05) is 105 Å². The molecule has 24 heteroatoms. The highest BCUT2D eigenvalue weighted by atomic mass is 35.5. The molecule has 0 radical (unpaired) electrons. The van der Waals surface area contributed by atoms with Crippen molar-refractivity contribution in [1.29, 1.82) is 0 Å². The monoisotopic (exact) mass is 1150 g/mol. The summed E-state index contributed by atoms with van der Waals surface area (Å²) in [4.78, 5) is 87.2. The number of esters is 1. The topological polar surface area (TPSA) is 174 Å². The number of hydrazine groups is 1. The first-order valence-corrected chi connectivity index (χ1v) is 28.3. The number of nitrogens with one attached hydrogen (secondary N) is 2. The Morgan fingerprint density at radius 3 is 2.41 bits per heavy atom. The molecule has 6 bridgehead atoms. The zero-order valence-electron chi connectivity index (χ0n) is 45.9. The number of hydrogen-bond acceptors (Lipinski definition) is 13. The van der Waals surface area contributed by atoms with E-state index in [1.54, 1.807) is 32.4 Å². The van der Waals surface area contributed by atoms with Crippen molar-refractivity contribution >= 4 is 75.7 Å². The number of amides is 4. The molecule has 5 atom stereocenters. The van der Waals surface area contributed by atoms with Gasteiger partial charge in [-0.2, -0.15) is 13.2 Å². The molecular weight excluding hydrogens is 1080 g/mol. The molecule has 1 spiro atoms. The third kappa shape index (κ3) is 13.5. The van der Waals surface area contributed by atoms with Crippen LogP contribution < -0.4 is 10.7 Å². The van der Waals surface area contributed by atoms with Gasteiger partial charge in [0.25, 0.3) is 17.4 Å². The highest BCUT2D eigenvalue weighted by molar-refractivity contribution is 7.10. The first-order valence-electron chi connectivity index (χ1n) is 27.0. The number of aliphatic imine (C=N–C) groups is 1. The summed E-state index contributed by atoms with van der Waals surface area (Å²) in [5.74, 6) is -4.33. The first kappa shape index (κ1) is 59.6. The average Bonchev–Trinajstić information content (AvgIpc) is 4.13. The van der Waals surface area contributed by atoms with Crippen LogP contribution in [0, 0.1) is 22.6 Å². The molecule has 0 aliphatic carbocycles. The van der Waals surface area contributed by atoms with E-state index in [0.717, 1.165) is 35.1 Å². The fraction of sp³-hybridized carbons (Fsp3) is 0.618. The number of piperazine rings is 1. The van der Waals surface area contributed by atoms with E-state index in [4.69, 9.17) is 31.1 Å². The number of benzene rings is 1. The fourth-order valence-corrected chi connectivity index (χ4v) is 12.5. The van der Waals surface area contributed by atoms with Crippen molar-refractivity contribution < 1.29 is 55.4 Å². The molecule has 4 saturated heterocycles. The largest absolute Gasteiger partial charge is 0.464 e. The molecule has 2 aromatic heterocycles. The van der Waals surface area contributed by atoms with Crippen molar-refractivity contribution in [2.45, 2.75) is 129 Å². The Morgan fingerprint density at radius 1 is 1.04 bits per heavy atom. The van der Waals surface area contributed by atoms with E-state index in [2.05, 4.69) is 27.1 Å². The molecule has 4 fully saturated rings. The fourth-order valence-electron chi connectivity index (χ4n) is 11.5. The zero-order valence-corrected chi connectivity index (χ0v) is 47.5. The normalized spacial score (nSPS) is 23.1. The zero-order chi connectivity index (χ0) is 57.3. The number of aromatic nitrogens is 2. The van der Waals surface area contributed by atoms with E-state index in [9.17, 15) is 41.5 Å². The number of thiazole rings is 1. The van der Waals surface area contributed by atoms with Gasteiger partial charge in [-0.25, -0.2) is 19.2 Å². The van der Waals surface area contributed by atoms with Gasteiger partial charge in [-0.3, -0.25) is 34.0 Å². The summed E-state index contributed by atoms with van der Waals surface area (Å²) in [5.41, 5.74) is 0.434. The van der Waals surface area contributed by atoms with Crippen molar-refractivity contribution in [2.24, 2.45) is 21.7 Å². The smallest absolute Gasteiger partial charge is 0.406 e. The molecule has 0 saturated carbocycles. The Kier molecular flexibility index (Phi) is 18.3. The highest BCUT2D eigenvalue weighted by Crippen LogP contribution is 2.43. The number of likely N-dealkylation sites (tertiary alicyclic amines) is 2. The molecule has 4 amide bonds. The van der Waals surface area contributed by atoms with Crippen LogP contribution in [-0.2, 0) is 52.8 Å². The number of alkyl halides is 5. The summed E-state index contributed by atoms with van der Waals surface area (Å²) in [7, 11) is 3.49. The second-order valence-electron chi connectivity index (χ2n) is 22.8. The van der Waals surface area contributed by atoms with Gasteiger partial charge in [-0.05, 0) is 88.6 Å². The number of cyclic esters (lactones) is 1. The Labute approximate surface area is 466 Å². The first-order chi connectivity index (χ1) is 37.3. The minimum Gasteiger partial charge on any atom is -0.464 e. The van der Waals surface area contributed by atoms with Crippen molar-refractivity contribution in [3.63, 3.8) is 0 Å². The number of carbonyl (C=O) groups excluding carboxylic acids is 5. The second-order valence-corrected chi connectivity index (χ2v) is 24.1. The maximum Gasteiger partial charge on any atom is 0.406 e. The number of hydrogen-bond donors (Lipinski definition) is 2. The third-order valence-corrected chi connectivity index (χ3v) is 17.1. The van der Waals surface area contributed by atoms with Crippen LogP contribution in [0.5, 0.6) is 0 Å². The van der Waals surface area contributed by atoms with Crippen LogP contribution in [0.4, 0.5) is 22.0 Å². The Hall–Kier alpha value is -5.49. The van der Waals surface area contributed by atoms with Crippen LogP contribution in [0.3, 0.4) is 0 Å². The van der Waals surface area contributed by atoms with Crippen LogP contribution in [0.2, 0.25) is 0 Å². The lowest BCUT2D eigenvalue weighted by Gasteiger charge is -2.48. The van der Waals surface area contributed by atoms with Gasteiger partial charge < -0.3 is 39.0 Å². The summed E-state index contributed by atoms with van der Waals surface area (Å²) >= 11 is 6.55. The van der Waals surface area contributed by atoms with Crippen molar-refractivity contribution in [3.8, 4) is 11.3 Å². The third-order valence-electron chi connectivity index (χ3n) is 16.0. The molecule has 1 aromatic carbocycles. The summed E-state index contributed by atoms with van der Waals surface area (Å²) in [6.45, 7) is 15.1. The molecular formula is C55H72ClF5N10O7S. The number of piperidine rings is 2. The van der Waals surface area contributed by atoms with Crippen molar-refractivity contribution in [1.82, 2.24) is 44.9 Å². The van der Waals surface area contributed by atoms with Gasteiger partial charge in [-0.1, -0.05) is 45.9 Å². The molecule has 8 rings (SSSR count). The van der Waals surface area contributed by atoms with Gasteiger partial charge in [0.15, 0.2) is 0 Å². The van der Waals surface area contributed by atoms with Gasteiger partial charge in [0.1, 0.15) is 30.5 Å². The van der Waals surface area contributed by atoms with Crippen LogP contribution in [-0.4, -0.2) is 179 Å². The minimum absolute atomic E-state index is 0.0273. The lowest BCUT2D eigenvalue weighted by atomic mass is 9.71. The number of halogens is 6. The number of fused-ring (bicyclic) bond motifs is 6. The average molecular weight is 1150 g/mol. The molecule has 0 unspecified atom stereocenters. The van der Waals surface area contributed by atoms with Gasteiger partial charge in [-0.15, -0.1) is 11.3 Å². The predicted molar refractivity (Wildman–Crippen MR) is 291 cm³/mol. The molecule has 432 valence electrons. The number of allylic oxidation sites excluding steroid dienone is 1. The van der Waals surface area contributed by atoms with E-state index in [1.807, 2.05) is 20.9 Å². The van der Waals surface area contributed by atoms with E-state index in [0.29, 0.717) is 60.4 Å². The number of ether oxygens (including phenoxy) is 2. The van der Waals surface area contributed by atoms with Gasteiger partial charge >= 0.3 is 12.1 Å². The summed E-state index contributed by atoms with van der Waals surface area (Å²) in [6, 6.07) is -0.820. The van der Waals surface area contributed by atoms with Crippen LogP contribution >= 0.6 is 22.9 Å². The molecule has 3 aromatic rings. The molecule has 5 aliphatic heterocycles. The number of methoxy groups -OCH3 is 1. The summed E-state index contributed by atoms with van der Waals surface area (Å²) in [5, 5.41) is 6.38. The number of nitrogens with zero attached hydrogens (tertiary/aromatic N) is 8. The predicted octanol–water partition coefficient (Wildman–Crippen LogP) is 7.11. The number of likely N-dealkylation sites (N-methyl/N-ethyl adjacent to an activating group) is 1. The standard InChI is InChI=1S/C55H72ClF5N10O7S/c1-32(2)46(69-15-10-12-54(52(69)76)13-17-68(18-14-54)50(74)47(56)58)48(72)64-41-26-45-63-42(29-79-45)36-23-35-37(27-53(5,6)31-78-51(75)39-11-9-16-71(65-39)49(41)73)44(70(30-55(59,60)61)43(35)24-38(36)57)25-40(34(4)77-8)62-28-33(3)67-21-19-66(7)20-22-67/h23-25,28-29,32,34,39,41,46-47,65H,3,9-22,26-27,30-31H2,1-2,4-8H3,(H,64,72)/b40-25+,62-28-/t34-,39-,41-,46-,47-/m0/s1. The summed E-state index contributed by atoms with van der Waals surface area (Å²) in [6.07, 6.45) is -0.272. The Balaban J connectivity index is 1.18. The number of rotatable bonds is 12. The van der Waals surface area contributed by atoms with Crippen molar-refractivity contribution in [2.75, 3.05) is 73.1 Å². The maximum absolute atomic E-state index is 16.9.